The van der Waals surface area contributed by atoms with Crippen molar-refractivity contribution in [2.45, 2.75) is 0 Å². The average molecular weight is 331 g/mol. The second-order valence-electron chi connectivity index (χ2n) is 6.09. The van der Waals surface area contributed by atoms with Crippen molar-refractivity contribution in [1.29, 1.82) is 0 Å². The van der Waals surface area contributed by atoms with E-state index in [-0.39, 0.29) is 0 Å². The van der Waals surface area contributed by atoms with E-state index in [0.717, 1.165) is 21.8 Å². The molecule has 2 heterocycles. The van der Waals surface area contributed by atoms with Crippen LogP contribution in [0.25, 0.3) is 33.2 Å². The van der Waals surface area contributed by atoms with Crippen molar-refractivity contribution in [2.24, 2.45) is 5.16 Å². The van der Waals surface area contributed by atoms with Crippen LogP contribution in [0.5, 0.6) is 0 Å². The Morgan fingerprint density at radius 2 is 1.80 bits per heavy atom. The smallest absolute Gasteiger partial charge is 0.155 e. The zero-order valence-electron chi connectivity index (χ0n) is 14.0. The van der Waals surface area contributed by atoms with Crippen molar-refractivity contribution in [3.8, 4) is 11.5 Å². The molecule has 1 N–H and O–H groups in total. The number of hydrogen-bond acceptors (Lipinski definition) is 5. The van der Waals surface area contributed by atoms with Crippen molar-refractivity contribution in [3.63, 3.8) is 0 Å². The molecular weight excluding hydrogens is 314 g/mol. The number of fused-ring (bicyclic) bond motifs is 2. The number of benzene rings is 2. The molecule has 4 aromatic rings. The summed E-state index contributed by atoms with van der Waals surface area (Å²) in [6, 6.07) is 17.5. The maximum absolute atomic E-state index is 9.46. The van der Waals surface area contributed by atoms with Crippen LogP contribution in [-0.2, 0) is 0 Å². The zero-order chi connectivity index (χ0) is 17.4. The molecule has 0 saturated heterocycles. The lowest BCUT2D eigenvalue weighted by Gasteiger charge is -2.13. The first-order valence-electron chi connectivity index (χ1n) is 7.94. The summed E-state index contributed by atoms with van der Waals surface area (Å²) < 4.78 is 6.02. The molecule has 0 bridgehead atoms. The fourth-order valence-corrected chi connectivity index (χ4v) is 2.86. The van der Waals surface area contributed by atoms with E-state index in [1.165, 1.54) is 0 Å². The third-order valence-corrected chi connectivity index (χ3v) is 4.23. The van der Waals surface area contributed by atoms with Gasteiger partial charge < -0.3 is 14.5 Å². The molecule has 2 aromatic carbocycles. The summed E-state index contributed by atoms with van der Waals surface area (Å²) in [7, 11) is 3.92. The first-order valence-corrected chi connectivity index (χ1v) is 7.94. The highest BCUT2D eigenvalue weighted by Gasteiger charge is 2.09. The van der Waals surface area contributed by atoms with E-state index in [1.54, 1.807) is 6.07 Å². The van der Waals surface area contributed by atoms with Gasteiger partial charge in [0, 0.05) is 42.8 Å². The first kappa shape index (κ1) is 15.2. The van der Waals surface area contributed by atoms with Gasteiger partial charge in [-0.05, 0) is 29.7 Å². The first-order chi connectivity index (χ1) is 12.2. The molecule has 0 aliphatic heterocycles. The molecule has 4 rings (SSSR count). The predicted octanol–water partition coefficient (Wildman–Crippen LogP) is 4.00. The van der Waals surface area contributed by atoms with Gasteiger partial charge in [-0.2, -0.15) is 0 Å². The molecule has 0 amide bonds. The van der Waals surface area contributed by atoms with Crippen LogP contribution in [-0.4, -0.2) is 24.3 Å². The molecule has 0 aliphatic rings. The average Bonchev–Trinajstić information content (AvgIpc) is 2.66. The Morgan fingerprint density at radius 3 is 2.56 bits per heavy atom. The van der Waals surface area contributed by atoms with Crippen LogP contribution in [0.15, 0.2) is 70.4 Å². The van der Waals surface area contributed by atoms with Crippen LogP contribution >= 0.6 is 0 Å². The lowest BCUT2D eigenvalue weighted by atomic mass is 10.1. The van der Waals surface area contributed by atoms with Crippen LogP contribution in [0.4, 0.5) is 5.69 Å². The third kappa shape index (κ3) is 2.70. The van der Waals surface area contributed by atoms with Gasteiger partial charge in [0.25, 0.3) is 0 Å². The third-order valence-electron chi connectivity index (χ3n) is 4.23. The minimum atomic E-state index is 0.454. The highest BCUT2D eigenvalue weighted by molar-refractivity contribution is 5.86. The minimum absolute atomic E-state index is 0.454. The van der Waals surface area contributed by atoms with E-state index in [2.05, 4.69) is 10.1 Å². The molecule has 5 heteroatoms. The van der Waals surface area contributed by atoms with E-state index in [4.69, 9.17) is 4.42 Å². The van der Waals surface area contributed by atoms with Crippen LogP contribution in [0, 0.1) is 0 Å². The summed E-state index contributed by atoms with van der Waals surface area (Å²) in [5.41, 5.74) is 2.34. The lowest BCUT2D eigenvalue weighted by Crippen LogP contribution is -2.10. The van der Waals surface area contributed by atoms with Crippen molar-refractivity contribution in [2.75, 3.05) is 19.0 Å². The summed E-state index contributed by atoms with van der Waals surface area (Å²) >= 11 is 0. The molecule has 2 aromatic heterocycles. The normalized spacial score (nSPS) is 12.0. The molecule has 0 aliphatic carbocycles. The second-order valence-corrected chi connectivity index (χ2v) is 6.09. The summed E-state index contributed by atoms with van der Waals surface area (Å²) in [5, 5.41) is 16.2. The largest absolute Gasteiger partial charge is 0.454 e. The number of nitrogens with zero attached hydrogens (tertiary/aromatic N) is 3. The summed E-state index contributed by atoms with van der Waals surface area (Å²) in [6.07, 6.45) is 1.81. The van der Waals surface area contributed by atoms with Crippen LogP contribution in [0.1, 0.15) is 0 Å². The van der Waals surface area contributed by atoms with Crippen LogP contribution in [0.2, 0.25) is 0 Å². The molecule has 124 valence electrons. The lowest BCUT2D eigenvalue weighted by molar-refractivity contribution is 0.302. The molecular formula is C20H17N3O2. The number of aromatic nitrogens is 1. The van der Waals surface area contributed by atoms with Gasteiger partial charge in [0.2, 0.25) is 0 Å². The van der Waals surface area contributed by atoms with Crippen molar-refractivity contribution in [3.05, 3.63) is 66.2 Å². The Morgan fingerprint density at radius 1 is 1.00 bits per heavy atom. The molecule has 0 radical (unpaired) electrons. The van der Waals surface area contributed by atoms with E-state index < -0.39 is 0 Å². The van der Waals surface area contributed by atoms with E-state index >= 15 is 0 Å². The molecule has 0 spiro atoms. The zero-order valence-corrected chi connectivity index (χ0v) is 14.0. The molecule has 5 nitrogen and oxygen atoms in total. The minimum Gasteiger partial charge on any atom is -0.454 e. The topological polar surface area (TPSA) is 61.9 Å². The number of hydrogen-bond donors (Lipinski definition) is 1. The fraction of sp³-hybridized carbons (Fsp3) is 0.100. The summed E-state index contributed by atoms with van der Waals surface area (Å²) in [5.74, 6) is 0.559. The van der Waals surface area contributed by atoms with Crippen molar-refractivity contribution >= 4 is 27.4 Å². The Hall–Kier alpha value is -3.34. The van der Waals surface area contributed by atoms with E-state index in [1.807, 2.05) is 73.7 Å². The number of rotatable bonds is 2. The van der Waals surface area contributed by atoms with Gasteiger partial charge >= 0.3 is 0 Å². The van der Waals surface area contributed by atoms with Gasteiger partial charge in [-0.3, -0.25) is 4.98 Å². The highest BCUT2D eigenvalue weighted by atomic mass is 16.4. The second kappa shape index (κ2) is 5.94. The Balaban J connectivity index is 1.94. The molecule has 0 unspecified atom stereocenters. The Kier molecular flexibility index (Phi) is 3.61. The van der Waals surface area contributed by atoms with E-state index in [9.17, 15) is 5.21 Å². The number of pyridine rings is 1. The molecule has 0 fully saturated rings. The number of anilines is 1. The van der Waals surface area contributed by atoms with Crippen LogP contribution < -0.4 is 10.3 Å². The van der Waals surface area contributed by atoms with Crippen molar-refractivity contribution in [1.82, 2.24) is 4.98 Å². The summed E-state index contributed by atoms with van der Waals surface area (Å²) in [6.45, 7) is 0. The summed E-state index contributed by atoms with van der Waals surface area (Å²) in [4.78, 5) is 6.47. The van der Waals surface area contributed by atoms with Gasteiger partial charge in [0.05, 0.1) is 0 Å². The van der Waals surface area contributed by atoms with Crippen molar-refractivity contribution < 1.29 is 9.62 Å². The molecule has 0 saturated carbocycles. The maximum atomic E-state index is 9.46. The van der Waals surface area contributed by atoms with Crippen LogP contribution in [0.3, 0.4) is 0 Å². The maximum Gasteiger partial charge on any atom is 0.155 e. The van der Waals surface area contributed by atoms with Gasteiger partial charge in [0.1, 0.15) is 16.6 Å². The van der Waals surface area contributed by atoms with Gasteiger partial charge in [-0.25, -0.2) is 0 Å². The molecule has 0 atom stereocenters. The SMILES string of the molecule is CN(C)c1ccc2oc(-c3cc4ccccc4cn3)c/c(=N/O)c2c1. The van der Waals surface area contributed by atoms with Gasteiger partial charge in [-0.1, -0.05) is 29.4 Å². The predicted molar refractivity (Wildman–Crippen MR) is 98.6 cm³/mol. The highest BCUT2D eigenvalue weighted by Crippen LogP contribution is 2.25. The van der Waals surface area contributed by atoms with Gasteiger partial charge in [0.15, 0.2) is 5.76 Å². The Bertz CT molecular complexity index is 1150. The monoisotopic (exact) mass is 331 g/mol. The quantitative estimate of drug-likeness (QED) is 0.445. The Labute approximate surface area is 144 Å². The van der Waals surface area contributed by atoms with Gasteiger partial charge in [-0.15, -0.1) is 0 Å². The molecule has 25 heavy (non-hydrogen) atoms. The van der Waals surface area contributed by atoms with E-state index in [0.29, 0.717) is 22.4 Å². The fourth-order valence-electron chi connectivity index (χ4n) is 2.86. The standard InChI is InChI=1S/C20H17N3O2/c1-23(2)15-7-8-19-16(10-15)17(22-24)11-20(25-19)18-9-13-5-3-4-6-14(13)12-21-18/h3-12,24H,1-2H3/b22-17-.